The van der Waals surface area contributed by atoms with Crippen molar-refractivity contribution in [2.24, 2.45) is 5.92 Å². The van der Waals surface area contributed by atoms with Gasteiger partial charge in [-0.05, 0) is 43.0 Å². The van der Waals surface area contributed by atoms with Crippen molar-refractivity contribution in [3.63, 3.8) is 0 Å². The number of nitrogens with one attached hydrogen (secondary N) is 1. The second kappa shape index (κ2) is 8.57. The first-order chi connectivity index (χ1) is 14.2. The van der Waals surface area contributed by atoms with Crippen molar-refractivity contribution in [3.8, 4) is 16.8 Å². The molecule has 0 saturated heterocycles. The Kier molecular flexibility index (Phi) is 5.71. The van der Waals surface area contributed by atoms with Gasteiger partial charge in [-0.1, -0.05) is 44.3 Å². The zero-order valence-corrected chi connectivity index (χ0v) is 17.8. The number of rotatable bonds is 7. The molecule has 3 heterocycles. The van der Waals surface area contributed by atoms with Crippen molar-refractivity contribution >= 4 is 26.7 Å². The van der Waals surface area contributed by atoms with E-state index >= 15 is 0 Å². The summed E-state index contributed by atoms with van der Waals surface area (Å²) in [6.45, 7) is 6.63. The lowest BCUT2D eigenvalue weighted by atomic mass is 10.0. The Morgan fingerprint density at radius 3 is 2.83 bits per heavy atom. The van der Waals surface area contributed by atoms with Crippen LogP contribution in [0.2, 0.25) is 0 Å². The maximum atomic E-state index is 4.91. The molecule has 5 nitrogen and oxygen atoms in total. The van der Waals surface area contributed by atoms with Gasteiger partial charge in [0.1, 0.15) is 0 Å². The first-order valence-corrected chi connectivity index (χ1v) is 10.8. The summed E-state index contributed by atoms with van der Waals surface area (Å²) in [7, 11) is 0. The smallest absolute Gasteiger partial charge is 0.188 e. The predicted octanol–water partition coefficient (Wildman–Crippen LogP) is 6.30. The fourth-order valence-corrected chi connectivity index (χ4v) is 4.30. The standard InChI is InChI=1S/C23H25N5S/c1-4-8-20(16(3)5-2)26-23-27-21-14-18(28-12-7-11-25-28)13-19(22(21)29-23)17-9-6-10-24-15-17/h6-16H,4-5H2,1-3H3,(H,26,27)/b20-8-. The van der Waals surface area contributed by atoms with Crippen LogP contribution in [0.5, 0.6) is 0 Å². The second-order valence-corrected chi connectivity index (χ2v) is 8.05. The van der Waals surface area contributed by atoms with Crippen molar-refractivity contribution in [1.29, 1.82) is 0 Å². The van der Waals surface area contributed by atoms with Crippen LogP contribution in [-0.2, 0) is 0 Å². The summed E-state index contributed by atoms with van der Waals surface area (Å²) >= 11 is 1.69. The molecule has 0 spiro atoms. The minimum absolute atomic E-state index is 0.472. The lowest BCUT2D eigenvalue weighted by Crippen LogP contribution is -2.08. The number of thiazole rings is 1. The Morgan fingerprint density at radius 2 is 2.14 bits per heavy atom. The van der Waals surface area contributed by atoms with E-state index in [4.69, 9.17) is 4.98 Å². The Labute approximate surface area is 175 Å². The van der Waals surface area contributed by atoms with Gasteiger partial charge in [-0.25, -0.2) is 9.67 Å². The molecule has 0 bridgehead atoms. The summed E-state index contributed by atoms with van der Waals surface area (Å²) in [5.41, 5.74) is 5.39. The van der Waals surface area contributed by atoms with Crippen LogP contribution in [0, 0.1) is 5.92 Å². The number of benzene rings is 1. The third-order valence-electron chi connectivity index (χ3n) is 5.03. The monoisotopic (exact) mass is 403 g/mol. The zero-order chi connectivity index (χ0) is 20.2. The van der Waals surface area contributed by atoms with E-state index in [1.54, 1.807) is 23.7 Å². The molecule has 0 amide bonds. The third kappa shape index (κ3) is 4.07. The SMILES string of the molecule is CC/C=C(\Nc1nc2cc(-n3cccn3)cc(-c3cccnc3)c2s1)C(C)CC. The molecule has 0 aliphatic rings. The van der Waals surface area contributed by atoms with Crippen LogP contribution in [0.1, 0.15) is 33.6 Å². The quantitative estimate of drug-likeness (QED) is 0.394. The van der Waals surface area contributed by atoms with E-state index in [1.807, 2.05) is 29.2 Å². The van der Waals surface area contributed by atoms with Gasteiger partial charge >= 0.3 is 0 Å². The summed E-state index contributed by atoms with van der Waals surface area (Å²) in [5, 5.41) is 8.90. The highest BCUT2D eigenvalue weighted by Gasteiger charge is 2.15. The van der Waals surface area contributed by atoms with E-state index in [2.05, 4.69) is 60.4 Å². The fourth-order valence-electron chi connectivity index (χ4n) is 3.30. The van der Waals surface area contributed by atoms with Gasteiger partial charge in [0.05, 0.1) is 15.9 Å². The summed E-state index contributed by atoms with van der Waals surface area (Å²) in [5.74, 6) is 0.472. The van der Waals surface area contributed by atoms with Crippen LogP contribution in [0.3, 0.4) is 0 Å². The van der Waals surface area contributed by atoms with Gasteiger partial charge in [-0.2, -0.15) is 5.10 Å². The van der Waals surface area contributed by atoms with Crippen LogP contribution in [0.25, 0.3) is 27.0 Å². The molecule has 3 aromatic heterocycles. The molecule has 6 heteroatoms. The maximum absolute atomic E-state index is 4.91. The summed E-state index contributed by atoms with van der Waals surface area (Å²) in [6.07, 6.45) is 11.8. The second-order valence-electron chi connectivity index (χ2n) is 7.05. The molecule has 1 aromatic carbocycles. The molecule has 0 aliphatic carbocycles. The molecule has 0 aliphatic heterocycles. The highest BCUT2D eigenvalue weighted by atomic mass is 32.1. The lowest BCUT2D eigenvalue weighted by molar-refractivity contribution is 0.656. The molecule has 1 atom stereocenters. The van der Waals surface area contributed by atoms with Crippen LogP contribution in [0.4, 0.5) is 5.13 Å². The molecular weight excluding hydrogens is 378 g/mol. The molecule has 4 aromatic rings. The molecule has 1 N–H and O–H groups in total. The number of nitrogens with zero attached hydrogens (tertiary/aromatic N) is 4. The number of aromatic nitrogens is 4. The van der Waals surface area contributed by atoms with E-state index < -0.39 is 0 Å². The van der Waals surface area contributed by atoms with Gasteiger partial charge in [0.2, 0.25) is 0 Å². The molecule has 29 heavy (non-hydrogen) atoms. The van der Waals surface area contributed by atoms with Crippen LogP contribution < -0.4 is 5.32 Å². The number of pyridine rings is 1. The lowest BCUT2D eigenvalue weighted by Gasteiger charge is -2.14. The molecule has 0 saturated carbocycles. The largest absolute Gasteiger partial charge is 0.335 e. The van der Waals surface area contributed by atoms with Crippen molar-refractivity contribution in [2.75, 3.05) is 5.32 Å². The normalized spacial score (nSPS) is 13.0. The molecular formula is C23H25N5S. The Hall–Kier alpha value is -2.99. The maximum Gasteiger partial charge on any atom is 0.188 e. The van der Waals surface area contributed by atoms with Gasteiger partial charge in [0.25, 0.3) is 0 Å². The van der Waals surface area contributed by atoms with Crippen molar-refractivity contribution in [2.45, 2.75) is 33.6 Å². The van der Waals surface area contributed by atoms with E-state index in [9.17, 15) is 0 Å². The Morgan fingerprint density at radius 1 is 1.24 bits per heavy atom. The third-order valence-corrected chi connectivity index (χ3v) is 6.05. The Bertz CT molecular complexity index is 1110. The van der Waals surface area contributed by atoms with Crippen molar-refractivity contribution in [1.82, 2.24) is 19.7 Å². The first-order valence-electron chi connectivity index (χ1n) is 10.0. The highest BCUT2D eigenvalue weighted by Crippen LogP contribution is 2.37. The fraction of sp³-hybridized carbons (Fsp3) is 0.261. The van der Waals surface area contributed by atoms with E-state index in [0.29, 0.717) is 5.92 Å². The summed E-state index contributed by atoms with van der Waals surface area (Å²) in [6, 6.07) is 10.2. The van der Waals surface area contributed by atoms with Gasteiger partial charge < -0.3 is 5.32 Å². The van der Waals surface area contributed by atoms with E-state index in [0.717, 1.165) is 45.0 Å². The molecule has 4 rings (SSSR count). The van der Waals surface area contributed by atoms with Gasteiger partial charge in [-0.3, -0.25) is 4.98 Å². The Balaban J connectivity index is 1.83. The van der Waals surface area contributed by atoms with Crippen molar-refractivity contribution in [3.05, 3.63) is 66.9 Å². The number of allylic oxidation sites excluding steroid dienone is 2. The number of anilines is 1. The highest BCUT2D eigenvalue weighted by molar-refractivity contribution is 7.22. The number of fused-ring (bicyclic) bond motifs is 1. The van der Waals surface area contributed by atoms with E-state index in [-0.39, 0.29) is 0 Å². The molecule has 0 radical (unpaired) electrons. The zero-order valence-electron chi connectivity index (χ0n) is 17.0. The molecule has 148 valence electrons. The molecule has 0 fully saturated rings. The number of hydrogen-bond donors (Lipinski definition) is 1. The summed E-state index contributed by atoms with van der Waals surface area (Å²) < 4.78 is 3.02. The van der Waals surface area contributed by atoms with Gasteiger partial charge in [-0.15, -0.1) is 0 Å². The van der Waals surface area contributed by atoms with Crippen LogP contribution >= 0.6 is 11.3 Å². The van der Waals surface area contributed by atoms with E-state index in [1.165, 1.54) is 5.70 Å². The average molecular weight is 404 g/mol. The first kappa shape index (κ1) is 19.3. The topological polar surface area (TPSA) is 55.6 Å². The van der Waals surface area contributed by atoms with Crippen molar-refractivity contribution < 1.29 is 0 Å². The van der Waals surface area contributed by atoms with Gasteiger partial charge in [0.15, 0.2) is 5.13 Å². The summed E-state index contributed by atoms with van der Waals surface area (Å²) in [4.78, 5) is 9.22. The number of hydrogen-bond acceptors (Lipinski definition) is 5. The molecule has 1 unspecified atom stereocenters. The minimum atomic E-state index is 0.472. The van der Waals surface area contributed by atoms with Crippen LogP contribution in [-0.4, -0.2) is 19.7 Å². The predicted molar refractivity (Wildman–Crippen MR) is 121 cm³/mol. The van der Waals surface area contributed by atoms with Crippen LogP contribution in [0.15, 0.2) is 66.9 Å². The minimum Gasteiger partial charge on any atom is -0.335 e. The average Bonchev–Trinajstić information content (AvgIpc) is 3.42. The van der Waals surface area contributed by atoms with Gasteiger partial charge in [0, 0.05) is 41.6 Å².